The number of aliphatic hydroxyl groups excluding tert-OH is 2. The Morgan fingerprint density at radius 3 is 2.07 bits per heavy atom. The van der Waals surface area contributed by atoms with Crippen molar-refractivity contribution in [2.45, 2.75) is 63.0 Å². The normalized spacial score (nSPS) is 18.6. The molecule has 12 nitrogen and oxygen atoms in total. The van der Waals surface area contributed by atoms with Crippen molar-refractivity contribution in [1.82, 2.24) is 9.80 Å². The van der Waals surface area contributed by atoms with Crippen LogP contribution in [0.15, 0.2) is 48.5 Å². The molecule has 3 atom stereocenters. The zero-order chi connectivity index (χ0) is 32.1. The van der Waals surface area contributed by atoms with E-state index in [2.05, 4.69) is 11.0 Å². The molecular formula is C31H38FN3O9. The van der Waals surface area contributed by atoms with Gasteiger partial charge >= 0.3 is 11.9 Å². The Kier molecular flexibility index (Phi) is 13.7. The van der Waals surface area contributed by atoms with Gasteiger partial charge in [-0.15, -0.1) is 0 Å². The van der Waals surface area contributed by atoms with Crippen LogP contribution in [-0.2, 0) is 36.8 Å². The van der Waals surface area contributed by atoms with Gasteiger partial charge < -0.3 is 39.7 Å². The number of carboxylic acids is 2. The highest BCUT2D eigenvalue weighted by Gasteiger charge is 2.30. The lowest BCUT2D eigenvalue weighted by molar-refractivity contribution is -0.165. The molecule has 2 heterocycles. The zero-order valence-electron chi connectivity index (χ0n) is 24.3. The molecule has 0 aromatic heterocycles. The van der Waals surface area contributed by atoms with Crippen LogP contribution in [0.2, 0.25) is 0 Å². The molecule has 1 amide bonds. The van der Waals surface area contributed by atoms with E-state index in [1.54, 1.807) is 24.3 Å². The van der Waals surface area contributed by atoms with Crippen molar-refractivity contribution in [2.75, 3.05) is 33.0 Å². The van der Waals surface area contributed by atoms with Gasteiger partial charge in [0.25, 0.3) is 0 Å². The summed E-state index contributed by atoms with van der Waals surface area (Å²) in [5.74, 6) is -3.76. The molecule has 3 unspecified atom stereocenters. The fourth-order valence-electron chi connectivity index (χ4n) is 4.96. The molecule has 0 saturated carbocycles. The van der Waals surface area contributed by atoms with Gasteiger partial charge in [0.1, 0.15) is 12.6 Å². The molecule has 0 spiro atoms. The first-order valence-electron chi connectivity index (χ1n) is 14.3. The molecule has 2 aliphatic heterocycles. The lowest BCUT2D eigenvalue weighted by Gasteiger charge is -2.39. The van der Waals surface area contributed by atoms with Crippen molar-refractivity contribution in [3.8, 4) is 6.07 Å². The molecule has 2 aromatic carbocycles. The van der Waals surface area contributed by atoms with Gasteiger partial charge in [0, 0.05) is 32.2 Å². The number of aliphatic hydroxyl groups is 2. The summed E-state index contributed by atoms with van der Waals surface area (Å²) in [6.45, 7) is 4.51. The highest BCUT2D eigenvalue weighted by Crippen LogP contribution is 2.22. The second-order valence-corrected chi connectivity index (χ2v) is 10.7. The van der Waals surface area contributed by atoms with Gasteiger partial charge in [-0.05, 0) is 61.1 Å². The Bertz CT molecular complexity index is 1240. The Hall–Kier alpha value is -3.93. The third kappa shape index (κ3) is 11.0. The van der Waals surface area contributed by atoms with Crippen LogP contribution < -0.4 is 0 Å². The molecule has 4 rings (SSSR count). The summed E-state index contributed by atoms with van der Waals surface area (Å²) in [6, 6.07) is 15.8. The number of nitriles is 1. The summed E-state index contributed by atoms with van der Waals surface area (Å²) in [5, 5.41) is 41.5. The lowest BCUT2D eigenvalue weighted by Crippen LogP contribution is -2.48. The monoisotopic (exact) mass is 615 g/mol. The van der Waals surface area contributed by atoms with Crippen LogP contribution in [0.25, 0.3) is 0 Å². The standard InChI is InChI=1S/C27H32FN3O3.C4H6O6/c28-24-7-5-23(6-8-24)19-31(27(32)17-21-1-3-22(18-29)4-2-21)25-9-13-30(14-10-25)15-11-26-12-16-33-20-34-26;5-1(3(7)8)2(6)4(9)10/h1-8,25-26H,9-17,19-20H2;1-2,5-6H,(H,7,8)(H,9,10). The third-order valence-corrected chi connectivity index (χ3v) is 7.57. The van der Waals surface area contributed by atoms with Crippen LogP contribution in [0, 0.1) is 17.1 Å². The fraction of sp³-hybridized carbons (Fsp3) is 0.484. The number of carbonyl (C=O) groups excluding carboxylic acids is 1. The highest BCUT2D eigenvalue weighted by molar-refractivity contribution is 5.83. The number of hydrogen-bond donors (Lipinski definition) is 4. The van der Waals surface area contributed by atoms with E-state index in [1.807, 2.05) is 17.0 Å². The van der Waals surface area contributed by atoms with E-state index in [1.165, 1.54) is 12.1 Å². The smallest absolute Gasteiger partial charge is 0.335 e. The van der Waals surface area contributed by atoms with Crippen molar-refractivity contribution >= 4 is 17.8 Å². The van der Waals surface area contributed by atoms with Crippen LogP contribution in [0.5, 0.6) is 0 Å². The van der Waals surface area contributed by atoms with E-state index in [0.717, 1.165) is 63.1 Å². The average Bonchev–Trinajstić information content (AvgIpc) is 3.04. The maximum atomic E-state index is 13.4. The summed E-state index contributed by atoms with van der Waals surface area (Å²) in [5.41, 5.74) is 2.40. The van der Waals surface area contributed by atoms with E-state index in [-0.39, 0.29) is 30.3 Å². The third-order valence-electron chi connectivity index (χ3n) is 7.57. The number of likely N-dealkylation sites (tertiary alicyclic amines) is 1. The van der Waals surface area contributed by atoms with Gasteiger partial charge in [0.2, 0.25) is 5.91 Å². The second kappa shape index (κ2) is 17.4. The summed E-state index contributed by atoms with van der Waals surface area (Å²) in [7, 11) is 0. The molecule has 238 valence electrons. The maximum Gasteiger partial charge on any atom is 0.335 e. The van der Waals surface area contributed by atoms with Crippen molar-refractivity contribution in [2.24, 2.45) is 0 Å². The topological polar surface area (TPSA) is 181 Å². The summed E-state index contributed by atoms with van der Waals surface area (Å²) < 4.78 is 24.3. The van der Waals surface area contributed by atoms with Crippen molar-refractivity contribution in [3.05, 3.63) is 71.0 Å². The van der Waals surface area contributed by atoms with Crippen LogP contribution in [0.4, 0.5) is 4.39 Å². The molecule has 2 saturated heterocycles. The number of nitrogens with zero attached hydrogens (tertiary/aromatic N) is 3. The van der Waals surface area contributed by atoms with Crippen molar-refractivity contribution in [3.63, 3.8) is 0 Å². The maximum absolute atomic E-state index is 13.4. The lowest BCUT2D eigenvalue weighted by atomic mass is 10.00. The first-order chi connectivity index (χ1) is 21.1. The molecule has 0 radical (unpaired) electrons. The molecule has 0 aliphatic carbocycles. The predicted octanol–water partition coefficient (Wildman–Crippen LogP) is 1.76. The van der Waals surface area contributed by atoms with Gasteiger partial charge in [-0.2, -0.15) is 5.26 Å². The molecule has 2 aliphatic rings. The predicted molar refractivity (Wildman–Crippen MR) is 153 cm³/mol. The van der Waals surface area contributed by atoms with Gasteiger partial charge in [-0.3, -0.25) is 4.79 Å². The Morgan fingerprint density at radius 1 is 0.955 bits per heavy atom. The number of ether oxygens (including phenoxy) is 2. The average molecular weight is 616 g/mol. The van der Waals surface area contributed by atoms with Crippen LogP contribution in [-0.4, -0.2) is 105 Å². The van der Waals surface area contributed by atoms with Crippen LogP contribution in [0.3, 0.4) is 0 Å². The van der Waals surface area contributed by atoms with E-state index in [9.17, 15) is 18.8 Å². The fourth-order valence-corrected chi connectivity index (χ4v) is 4.96. The molecule has 2 fully saturated rings. The van der Waals surface area contributed by atoms with Crippen LogP contribution in [0.1, 0.15) is 42.4 Å². The molecule has 44 heavy (non-hydrogen) atoms. The first kappa shape index (κ1) is 34.6. The first-order valence-corrected chi connectivity index (χ1v) is 14.3. The number of carboxylic acid groups (broad SMARTS) is 2. The number of halogens is 1. The minimum atomic E-state index is -2.27. The Balaban J connectivity index is 0.000000456. The van der Waals surface area contributed by atoms with E-state index >= 15 is 0 Å². The SMILES string of the molecule is N#Cc1ccc(CC(=O)N(Cc2ccc(F)cc2)C2CCN(CCC3CCOCO3)CC2)cc1.O=C(O)C(O)C(O)C(=O)O. The number of aliphatic carboxylic acids is 2. The van der Waals surface area contributed by atoms with E-state index < -0.39 is 24.1 Å². The summed E-state index contributed by atoms with van der Waals surface area (Å²) in [4.78, 5) is 37.4. The second-order valence-electron chi connectivity index (χ2n) is 10.7. The molecular weight excluding hydrogens is 577 g/mol. The van der Waals surface area contributed by atoms with E-state index in [4.69, 9.17) is 35.2 Å². The largest absolute Gasteiger partial charge is 0.479 e. The highest BCUT2D eigenvalue weighted by atomic mass is 19.1. The van der Waals surface area contributed by atoms with Crippen LogP contribution >= 0.6 is 0 Å². The number of hydrogen-bond acceptors (Lipinski definition) is 9. The number of carbonyl (C=O) groups is 3. The molecule has 0 bridgehead atoms. The summed E-state index contributed by atoms with van der Waals surface area (Å²) in [6.07, 6.45) is -0.195. The quantitative estimate of drug-likeness (QED) is 0.289. The van der Waals surface area contributed by atoms with Crippen molar-refractivity contribution in [1.29, 1.82) is 5.26 Å². The zero-order valence-corrected chi connectivity index (χ0v) is 24.3. The number of benzene rings is 2. The Morgan fingerprint density at radius 2 is 1.55 bits per heavy atom. The van der Waals surface area contributed by atoms with Crippen molar-refractivity contribution < 1.29 is 48.7 Å². The van der Waals surface area contributed by atoms with Gasteiger partial charge in [0.15, 0.2) is 12.2 Å². The van der Waals surface area contributed by atoms with Gasteiger partial charge in [-0.25, -0.2) is 14.0 Å². The molecule has 4 N–H and O–H groups in total. The minimum absolute atomic E-state index is 0.0584. The number of piperidine rings is 1. The number of rotatable bonds is 11. The van der Waals surface area contributed by atoms with E-state index in [0.29, 0.717) is 18.9 Å². The van der Waals surface area contributed by atoms with Gasteiger partial charge in [-0.1, -0.05) is 24.3 Å². The Labute approximate surface area is 254 Å². The minimum Gasteiger partial charge on any atom is -0.479 e. The summed E-state index contributed by atoms with van der Waals surface area (Å²) >= 11 is 0. The molecule has 13 heteroatoms. The van der Waals surface area contributed by atoms with Gasteiger partial charge in [0.05, 0.1) is 30.8 Å². The number of amides is 1. The molecule has 2 aromatic rings.